The van der Waals surface area contributed by atoms with Crippen LogP contribution in [0, 0.1) is 0 Å². The van der Waals surface area contributed by atoms with Crippen molar-refractivity contribution in [3.63, 3.8) is 0 Å². The largest absolute Gasteiger partial charge is 0.382 e. The van der Waals surface area contributed by atoms with Gasteiger partial charge in [-0.2, -0.15) is 0 Å². The summed E-state index contributed by atoms with van der Waals surface area (Å²) >= 11 is 0. The second-order valence-electron chi connectivity index (χ2n) is 4.85. The molecule has 0 spiro atoms. The molecule has 2 rings (SSSR count). The van der Waals surface area contributed by atoms with Gasteiger partial charge in [-0.3, -0.25) is 0 Å². The van der Waals surface area contributed by atoms with Crippen LogP contribution in [0.4, 0.5) is 0 Å². The Morgan fingerprint density at radius 3 is 2.65 bits per heavy atom. The van der Waals surface area contributed by atoms with Gasteiger partial charge in [0.15, 0.2) is 0 Å². The fourth-order valence-electron chi connectivity index (χ4n) is 2.33. The van der Waals surface area contributed by atoms with Crippen molar-refractivity contribution in [1.82, 2.24) is 5.32 Å². The second kappa shape index (κ2) is 8.00. The number of methoxy groups -OCH3 is 1. The highest BCUT2D eigenvalue weighted by atomic mass is 16.5. The lowest BCUT2D eigenvalue weighted by atomic mass is 10.00. The fourth-order valence-corrected chi connectivity index (χ4v) is 2.33. The zero-order chi connectivity index (χ0) is 14.2. The van der Waals surface area contributed by atoms with Crippen molar-refractivity contribution < 1.29 is 9.47 Å². The molecule has 0 aliphatic heterocycles. The lowest BCUT2D eigenvalue weighted by molar-refractivity contribution is 0.0712. The van der Waals surface area contributed by atoms with Crippen LogP contribution in [-0.4, -0.2) is 33.5 Å². The van der Waals surface area contributed by atoms with Crippen molar-refractivity contribution in [2.45, 2.75) is 13.0 Å². The molecule has 1 N–H and O–H groups in total. The van der Waals surface area contributed by atoms with Gasteiger partial charge in [0.05, 0.1) is 19.8 Å². The summed E-state index contributed by atoms with van der Waals surface area (Å²) in [5.41, 5.74) is 1.33. The number of nitrogens with one attached hydrogen (secondary N) is 1. The number of hydrogen-bond donors (Lipinski definition) is 1. The van der Waals surface area contributed by atoms with Crippen molar-refractivity contribution in [2.75, 3.05) is 33.5 Å². The summed E-state index contributed by atoms with van der Waals surface area (Å²) in [5, 5.41) is 6.10. The Bertz CT molecular complexity index is 522. The molecule has 2 aromatic rings. The molecule has 0 bridgehead atoms. The first kappa shape index (κ1) is 15.0. The highest BCUT2D eigenvalue weighted by Gasteiger charge is 2.07. The summed E-state index contributed by atoms with van der Waals surface area (Å²) in [6, 6.07) is 15.3. The summed E-state index contributed by atoms with van der Waals surface area (Å²) in [4.78, 5) is 0. The van der Waals surface area contributed by atoms with E-state index in [0.717, 1.165) is 6.54 Å². The van der Waals surface area contributed by atoms with Gasteiger partial charge in [0, 0.05) is 19.7 Å². The molecule has 0 radical (unpaired) electrons. The number of fused-ring (bicyclic) bond motifs is 1. The van der Waals surface area contributed by atoms with Gasteiger partial charge >= 0.3 is 0 Å². The molecule has 3 nitrogen and oxygen atoms in total. The third-order valence-electron chi connectivity index (χ3n) is 3.42. The Balaban J connectivity index is 1.89. The average Bonchev–Trinajstić information content (AvgIpc) is 2.50. The van der Waals surface area contributed by atoms with Crippen molar-refractivity contribution in [3.8, 4) is 0 Å². The van der Waals surface area contributed by atoms with Crippen molar-refractivity contribution >= 4 is 10.8 Å². The third kappa shape index (κ3) is 4.04. The smallest absolute Gasteiger partial charge is 0.0700 e. The maximum Gasteiger partial charge on any atom is 0.0700 e. The number of ether oxygens (including phenoxy) is 2. The van der Waals surface area contributed by atoms with Crippen molar-refractivity contribution in [2.24, 2.45) is 0 Å². The lowest BCUT2D eigenvalue weighted by Gasteiger charge is -2.16. The van der Waals surface area contributed by atoms with Crippen molar-refractivity contribution in [3.05, 3.63) is 48.0 Å². The topological polar surface area (TPSA) is 30.5 Å². The molecule has 0 fully saturated rings. The normalized spacial score (nSPS) is 12.7. The van der Waals surface area contributed by atoms with E-state index in [4.69, 9.17) is 9.47 Å². The number of benzene rings is 2. The Labute approximate surface area is 120 Å². The first-order chi connectivity index (χ1) is 9.83. The van der Waals surface area contributed by atoms with Crippen LogP contribution in [0.5, 0.6) is 0 Å². The molecule has 2 aromatic carbocycles. The molecule has 1 unspecified atom stereocenters. The van der Waals surface area contributed by atoms with Crippen LogP contribution in [0.2, 0.25) is 0 Å². The number of hydrogen-bond acceptors (Lipinski definition) is 3. The predicted molar refractivity (Wildman–Crippen MR) is 83.1 cm³/mol. The van der Waals surface area contributed by atoms with Crippen LogP contribution < -0.4 is 5.32 Å². The molecule has 20 heavy (non-hydrogen) atoms. The Hall–Kier alpha value is -1.42. The lowest BCUT2D eigenvalue weighted by Crippen LogP contribution is -2.24. The molecule has 0 aliphatic rings. The minimum absolute atomic E-state index is 0.312. The SMILES string of the molecule is COCCOCCNC(C)c1cccc2ccccc12. The van der Waals surface area contributed by atoms with Gasteiger partial charge < -0.3 is 14.8 Å². The zero-order valence-corrected chi connectivity index (χ0v) is 12.3. The summed E-state index contributed by atoms with van der Waals surface area (Å²) in [7, 11) is 1.68. The molecule has 3 heteroatoms. The van der Waals surface area contributed by atoms with Gasteiger partial charge in [0.25, 0.3) is 0 Å². The average molecular weight is 273 g/mol. The highest BCUT2D eigenvalue weighted by Crippen LogP contribution is 2.23. The second-order valence-corrected chi connectivity index (χ2v) is 4.85. The number of rotatable bonds is 8. The Morgan fingerprint density at radius 1 is 1.00 bits per heavy atom. The first-order valence-corrected chi connectivity index (χ1v) is 7.10. The van der Waals surface area contributed by atoms with E-state index in [9.17, 15) is 0 Å². The maximum atomic E-state index is 5.46. The van der Waals surface area contributed by atoms with Gasteiger partial charge in [-0.15, -0.1) is 0 Å². The minimum atomic E-state index is 0.312. The molecule has 0 aromatic heterocycles. The van der Waals surface area contributed by atoms with E-state index in [1.165, 1.54) is 16.3 Å². The summed E-state index contributed by atoms with van der Waals surface area (Å²) in [6.45, 7) is 5.04. The Kier molecular flexibility index (Phi) is 5.99. The van der Waals surface area contributed by atoms with E-state index in [-0.39, 0.29) is 0 Å². The fraction of sp³-hybridized carbons (Fsp3) is 0.412. The van der Waals surface area contributed by atoms with E-state index in [2.05, 4.69) is 54.7 Å². The highest BCUT2D eigenvalue weighted by molar-refractivity contribution is 5.86. The quantitative estimate of drug-likeness (QED) is 0.749. The molecule has 0 saturated carbocycles. The minimum Gasteiger partial charge on any atom is -0.382 e. The molecule has 0 heterocycles. The standard InChI is InChI=1S/C17H23NO2/c1-14(18-10-11-20-13-12-19-2)16-9-5-7-15-6-3-4-8-17(15)16/h3-9,14,18H,10-13H2,1-2H3. The third-order valence-corrected chi connectivity index (χ3v) is 3.42. The van der Waals surface area contributed by atoms with Gasteiger partial charge in [0.2, 0.25) is 0 Å². The summed E-state index contributed by atoms with van der Waals surface area (Å²) in [5.74, 6) is 0. The summed E-state index contributed by atoms with van der Waals surface area (Å²) in [6.07, 6.45) is 0. The van der Waals surface area contributed by atoms with E-state index < -0.39 is 0 Å². The molecule has 0 aliphatic carbocycles. The van der Waals surface area contributed by atoms with Gasteiger partial charge in [-0.25, -0.2) is 0 Å². The van der Waals surface area contributed by atoms with Crippen molar-refractivity contribution in [1.29, 1.82) is 0 Å². The molecular formula is C17H23NO2. The molecular weight excluding hydrogens is 250 g/mol. The van der Waals surface area contributed by atoms with Crippen LogP contribution in [0.25, 0.3) is 10.8 Å². The van der Waals surface area contributed by atoms with E-state index >= 15 is 0 Å². The molecule has 108 valence electrons. The monoisotopic (exact) mass is 273 g/mol. The van der Waals surface area contributed by atoms with Crippen LogP contribution in [0.1, 0.15) is 18.5 Å². The van der Waals surface area contributed by atoms with Gasteiger partial charge in [-0.1, -0.05) is 42.5 Å². The molecule has 0 amide bonds. The van der Waals surface area contributed by atoms with Crippen LogP contribution in [0.15, 0.2) is 42.5 Å². The van der Waals surface area contributed by atoms with E-state index in [1.54, 1.807) is 7.11 Å². The van der Waals surface area contributed by atoms with Crippen LogP contribution >= 0.6 is 0 Å². The zero-order valence-electron chi connectivity index (χ0n) is 12.3. The first-order valence-electron chi connectivity index (χ1n) is 7.10. The Morgan fingerprint density at radius 2 is 1.80 bits per heavy atom. The molecule has 1 atom stereocenters. The summed E-state index contributed by atoms with van der Waals surface area (Å²) < 4.78 is 10.4. The van der Waals surface area contributed by atoms with Crippen LogP contribution in [-0.2, 0) is 9.47 Å². The predicted octanol–water partition coefficient (Wildman–Crippen LogP) is 3.15. The van der Waals surface area contributed by atoms with E-state index in [0.29, 0.717) is 25.9 Å². The maximum absolute atomic E-state index is 5.46. The van der Waals surface area contributed by atoms with Crippen LogP contribution in [0.3, 0.4) is 0 Å². The van der Waals surface area contributed by atoms with Gasteiger partial charge in [0.1, 0.15) is 0 Å². The molecule has 0 saturated heterocycles. The van der Waals surface area contributed by atoms with E-state index in [1.807, 2.05) is 0 Å². The van der Waals surface area contributed by atoms with Gasteiger partial charge in [-0.05, 0) is 23.3 Å².